The van der Waals surface area contributed by atoms with Crippen molar-refractivity contribution in [1.82, 2.24) is 5.32 Å². The van der Waals surface area contributed by atoms with E-state index >= 15 is 0 Å². The van der Waals surface area contributed by atoms with Gasteiger partial charge in [0, 0.05) is 22.0 Å². The summed E-state index contributed by atoms with van der Waals surface area (Å²) in [5.41, 5.74) is 2.28. The minimum Gasteiger partial charge on any atom is -0.345 e. The third kappa shape index (κ3) is 4.05. The molecule has 1 heterocycles. The predicted octanol–water partition coefficient (Wildman–Crippen LogP) is 7.04. The van der Waals surface area contributed by atoms with Gasteiger partial charge in [-0.15, -0.1) is 0 Å². The Morgan fingerprint density at radius 3 is 2.12 bits per heavy atom. The highest BCUT2D eigenvalue weighted by Gasteiger charge is 2.52. The molecule has 1 N–H and O–H groups in total. The van der Waals surface area contributed by atoms with Gasteiger partial charge in [0.2, 0.25) is 0 Å². The van der Waals surface area contributed by atoms with Gasteiger partial charge < -0.3 is 5.32 Å². The number of nitrogens with one attached hydrogen (secondary N) is 1. The number of amides is 1. The Balaban J connectivity index is 1.30. The van der Waals surface area contributed by atoms with Crippen LogP contribution in [0.4, 0.5) is 5.69 Å². The Labute approximate surface area is 209 Å². The van der Waals surface area contributed by atoms with Crippen LogP contribution in [0, 0.1) is 17.8 Å². The van der Waals surface area contributed by atoms with Gasteiger partial charge in [-0.2, -0.15) is 5.10 Å². The summed E-state index contributed by atoms with van der Waals surface area (Å²) < 4.78 is 0. The lowest BCUT2D eigenvalue weighted by atomic mass is 9.53. The quantitative estimate of drug-likeness (QED) is 0.487. The topological polar surface area (TPSA) is 44.7 Å². The van der Waals surface area contributed by atoms with Gasteiger partial charge in [-0.05, 0) is 92.2 Å². The summed E-state index contributed by atoms with van der Waals surface area (Å²) in [6.07, 6.45) is 7.90. The molecule has 1 unspecified atom stereocenters. The summed E-state index contributed by atoms with van der Waals surface area (Å²) in [4.78, 5) is 13.5. The number of carbonyl (C=O) groups is 1. The highest BCUT2D eigenvalue weighted by molar-refractivity contribution is 6.40. The second-order valence-corrected chi connectivity index (χ2v) is 11.7. The van der Waals surface area contributed by atoms with E-state index in [4.69, 9.17) is 39.9 Å². The second-order valence-electron chi connectivity index (χ2n) is 10.4. The van der Waals surface area contributed by atoms with Crippen molar-refractivity contribution in [2.75, 3.05) is 5.01 Å². The number of nitrogens with zero attached hydrogens (tertiary/aromatic N) is 2. The number of carbonyl (C=O) groups excluding carboxylic acids is 1. The molecule has 172 valence electrons. The monoisotopic (exact) mass is 501 g/mol. The third-order valence-electron chi connectivity index (χ3n) is 8.00. The van der Waals surface area contributed by atoms with Crippen LogP contribution in [0.3, 0.4) is 0 Å². The van der Waals surface area contributed by atoms with E-state index in [0.29, 0.717) is 27.2 Å². The second kappa shape index (κ2) is 8.18. The first kappa shape index (κ1) is 21.8. The lowest BCUT2D eigenvalue weighted by Gasteiger charge is -2.56. The largest absolute Gasteiger partial charge is 0.345 e. The summed E-state index contributed by atoms with van der Waals surface area (Å²) in [5, 5.41) is 11.9. The van der Waals surface area contributed by atoms with Crippen LogP contribution in [0.15, 0.2) is 47.6 Å². The molecule has 0 saturated heterocycles. The Morgan fingerprint density at radius 1 is 0.909 bits per heavy atom. The van der Waals surface area contributed by atoms with Crippen LogP contribution in [0.1, 0.15) is 56.6 Å². The Hall–Kier alpha value is -1.75. The first-order valence-electron chi connectivity index (χ1n) is 11.8. The Kier molecular flexibility index (Phi) is 5.39. The third-order valence-corrected chi connectivity index (χ3v) is 8.79. The standard InChI is InChI=1S/C26H26Cl3N3O/c27-19-3-1-18(2-4-19)24-11-22(31-32(24)23-6-5-20(28)10-21(23)29)25(33)30-26-12-15-7-16(13-26)9-17(8-15)14-26/h1-6,10,15-17,24H,7-9,11-14H2,(H,30,33). The summed E-state index contributed by atoms with van der Waals surface area (Å²) in [5.74, 6) is 2.28. The first-order valence-corrected chi connectivity index (χ1v) is 12.9. The number of rotatable bonds is 4. The van der Waals surface area contributed by atoms with Crippen molar-refractivity contribution in [3.8, 4) is 0 Å². The molecule has 1 amide bonds. The molecule has 4 saturated carbocycles. The van der Waals surface area contributed by atoms with Crippen LogP contribution < -0.4 is 10.3 Å². The van der Waals surface area contributed by atoms with Gasteiger partial charge in [-0.25, -0.2) is 0 Å². The van der Waals surface area contributed by atoms with Crippen molar-refractivity contribution < 1.29 is 4.79 Å². The fourth-order valence-corrected chi connectivity index (χ4v) is 7.68. The molecule has 7 rings (SSSR count). The number of hydrogen-bond acceptors (Lipinski definition) is 3. The van der Waals surface area contributed by atoms with Crippen LogP contribution in [0.25, 0.3) is 0 Å². The van der Waals surface area contributed by atoms with Gasteiger partial charge in [0.25, 0.3) is 5.91 Å². The molecule has 1 atom stereocenters. The smallest absolute Gasteiger partial charge is 0.268 e. The molecule has 4 fully saturated rings. The molecular weight excluding hydrogens is 477 g/mol. The van der Waals surface area contributed by atoms with E-state index < -0.39 is 0 Å². The number of halogens is 3. The van der Waals surface area contributed by atoms with Gasteiger partial charge in [0.1, 0.15) is 5.71 Å². The number of hydrogen-bond donors (Lipinski definition) is 1. The zero-order chi connectivity index (χ0) is 22.7. The van der Waals surface area contributed by atoms with Crippen molar-refractivity contribution in [3.63, 3.8) is 0 Å². The van der Waals surface area contributed by atoms with E-state index in [1.54, 1.807) is 12.1 Å². The molecule has 0 spiro atoms. The lowest BCUT2D eigenvalue weighted by Crippen LogP contribution is -2.60. The van der Waals surface area contributed by atoms with Gasteiger partial charge in [0.05, 0.1) is 16.8 Å². The molecule has 2 aromatic rings. The Bertz CT molecular complexity index is 1090. The minimum absolute atomic E-state index is 0.0384. The highest BCUT2D eigenvalue weighted by atomic mass is 35.5. The molecule has 2 aromatic carbocycles. The Morgan fingerprint density at radius 2 is 1.52 bits per heavy atom. The maximum Gasteiger partial charge on any atom is 0.268 e. The van der Waals surface area contributed by atoms with E-state index in [0.717, 1.165) is 48.3 Å². The van der Waals surface area contributed by atoms with E-state index in [1.807, 2.05) is 35.3 Å². The number of hydrazone groups is 1. The molecule has 33 heavy (non-hydrogen) atoms. The predicted molar refractivity (Wildman–Crippen MR) is 134 cm³/mol. The maximum absolute atomic E-state index is 13.5. The van der Waals surface area contributed by atoms with Crippen LogP contribution in [-0.4, -0.2) is 17.2 Å². The van der Waals surface area contributed by atoms with E-state index in [1.165, 1.54) is 19.3 Å². The first-order chi connectivity index (χ1) is 15.9. The van der Waals surface area contributed by atoms with Gasteiger partial charge in [-0.3, -0.25) is 9.80 Å². The molecule has 1 aliphatic heterocycles. The summed E-state index contributed by atoms with van der Waals surface area (Å²) in [6, 6.07) is 12.9. The van der Waals surface area contributed by atoms with Crippen LogP contribution in [0.2, 0.25) is 15.1 Å². The molecule has 7 heteroatoms. The highest BCUT2D eigenvalue weighted by Crippen LogP contribution is 2.55. The van der Waals surface area contributed by atoms with E-state index in [2.05, 4.69) is 5.32 Å². The van der Waals surface area contributed by atoms with Crippen molar-refractivity contribution in [2.45, 2.75) is 56.5 Å². The van der Waals surface area contributed by atoms with Crippen LogP contribution in [0.5, 0.6) is 0 Å². The fraction of sp³-hybridized carbons (Fsp3) is 0.462. The maximum atomic E-state index is 13.5. The minimum atomic E-state index is -0.141. The van der Waals surface area contributed by atoms with E-state index in [-0.39, 0.29) is 17.5 Å². The fourth-order valence-electron chi connectivity index (χ4n) is 7.06. The van der Waals surface area contributed by atoms with Gasteiger partial charge in [-0.1, -0.05) is 46.9 Å². The SMILES string of the molecule is O=C(NC12CC3CC(CC(C3)C1)C2)C1=NN(c2ccc(Cl)cc2Cl)C(c2ccc(Cl)cc2)C1. The number of anilines is 1. The zero-order valence-corrected chi connectivity index (χ0v) is 20.5. The lowest BCUT2D eigenvalue weighted by molar-refractivity contribution is -0.120. The van der Waals surface area contributed by atoms with Crippen molar-refractivity contribution in [1.29, 1.82) is 0 Å². The molecule has 5 aliphatic rings. The van der Waals surface area contributed by atoms with Crippen LogP contribution >= 0.6 is 34.8 Å². The molecular formula is C26H26Cl3N3O. The number of benzene rings is 2. The average Bonchev–Trinajstić information content (AvgIpc) is 3.18. The zero-order valence-electron chi connectivity index (χ0n) is 18.2. The van der Waals surface area contributed by atoms with Crippen LogP contribution in [-0.2, 0) is 4.79 Å². The van der Waals surface area contributed by atoms with Gasteiger partial charge >= 0.3 is 0 Å². The normalized spacial score (nSPS) is 32.2. The molecule has 4 aliphatic carbocycles. The molecule has 0 radical (unpaired) electrons. The summed E-state index contributed by atoms with van der Waals surface area (Å²) in [7, 11) is 0. The summed E-state index contributed by atoms with van der Waals surface area (Å²) in [6.45, 7) is 0. The van der Waals surface area contributed by atoms with E-state index in [9.17, 15) is 4.79 Å². The summed E-state index contributed by atoms with van der Waals surface area (Å²) >= 11 is 18.8. The average molecular weight is 503 g/mol. The van der Waals surface area contributed by atoms with Gasteiger partial charge in [0.15, 0.2) is 0 Å². The van der Waals surface area contributed by atoms with Crippen molar-refractivity contribution in [3.05, 3.63) is 63.1 Å². The van der Waals surface area contributed by atoms with Crippen molar-refractivity contribution >= 4 is 52.1 Å². The molecule has 0 aromatic heterocycles. The molecule has 4 nitrogen and oxygen atoms in total. The van der Waals surface area contributed by atoms with Crippen molar-refractivity contribution in [2.24, 2.45) is 22.9 Å². The molecule has 4 bridgehead atoms.